The van der Waals surface area contributed by atoms with Crippen LogP contribution in [0, 0.1) is 0 Å². The Bertz CT molecular complexity index is 1220. The van der Waals surface area contributed by atoms with E-state index in [-0.39, 0.29) is 33.7 Å². The number of para-hydroxylation sites is 2. The van der Waals surface area contributed by atoms with Gasteiger partial charge in [0.05, 0.1) is 5.02 Å². The minimum Gasteiger partial charge on any atom is -0.326 e. The fourth-order valence-electron chi connectivity index (χ4n) is 2.95. The quantitative estimate of drug-likeness (QED) is 0.392. The molecule has 10 heteroatoms. The second-order valence-electron chi connectivity index (χ2n) is 7.06. The number of sulfonamides is 1. The van der Waals surface area contributed by atoms with Gasteiger partial charge in [0.1, 0.15) is 10.9 Å². The van der Waals surface area contributed by atoms with E-state index in [1.807, 2.05) is 6.07 Å². The maximum atomic E-state index is 13.0. The Morgan fingerprint density at radius 1 is 0.818 bits per heavy atom. The molecule has 3 aromatic carbocycles. The molecular weight excluding hydrogens is 485 g/mol. The van der Waals surface area contributed by atoms with Gasteiger partial charge in [-0.2, -0.15) is 4.72 Å². The van der Waals surface area contributed by atoms with Gasteiger partial charge in [-0.25, -0.2) is 8.42 Å². The van der Waals surface area contributed by atoms with Crippen LogP contribution < -0.4 is 15.4 Å². The van der Waals surface area contributed by atoms with Crippen molar-refractivity contribution in [1.82, 2.24) is 4.72 Å². The molecule has 2 amide bonds. The largest absolute Gasteiger partial charge is 0.326 e. The second kappa shape index (κ2) is 11.3. The van der Waals surface area contributed by atoms with Crippen LogP contribution in [0.2, 0.25) is 10.0 Å². The minimum absolute atomic E-state index is 0.0454. The number of carbonyl (C=O) groups is 2. The Morgan fingerprint density at radius 3 is 2.00 bits per heavy atom. The average Bonchev–Trinajstić information content (AvgIpc) is 2.79. The summed E-state index contributed by atoms with van der Waals surface area (Å²) in [5.41, 5.74) is 1.08. The third-order valence-corrected chi connectivity index (χ3v) is 6.74. The summed E-state index contributed by atoms with van der Waals surface area (Å²) in [6.45, 7) is 0. The molecule has 0 bridgehead atoms. The Kier molecular flexibility index (Phi) is 8.46. The lowest BCUT2D eigenvalue weighted by Crippen LogP contribution is -2.44. The van der Waals surface area contributed by atoms with Crippen LogP contribution in [0.4, 0.5) is 11.4 Å². The number of nitrogens with one attached hydrogen (secondary N) is 3. The van der Waals surface area contributed by atoms with Crippen molar-refractivity contribution in [3.05, 3.63) is 88.9 Å². The second-order valence-corrected chi connectivity index (χ2v) is 9.58. The van der Waals surface area contributed by atoms with Crippen molar-refractivity contribution in [3.8, 4) is 0 Å². The van der Waals surface area contributed by atoms with Gasteiger partial charge in [-0.05, 0) is 48.9 Å². The zero-order chi connectivity index (χ0) is 23.8. The Morgan fingerprint density at radius 2 is 1.39 bits per heavy atom. The zero-order valence-electron chi connectivity index (χ0n) is 17.3. The fourth-order valence-corrected chi connectivity index (χ4v) is 4.94. The van der Waals surface area contributed by atoms with Crippen LogP contribution in [0.25, 0.3) is 0 Å². The van der Waals surface area contributed by atoms with Gasteiger partial charge in [0.25, 0.3) is 0 Å². The molecule has 3 N–H and O–H groups in total. The number of benzene rings is 3. The molecule has 0 aliphatic heterocycles. The van der Waals surface area contributed by atoms with Gasteiger partial charge < -0.3 is 10.6 Å². The lowest BCUT2D eigenvalue weighted by molar-refractivity contribution is -0.118. The highest BCUT2D eigenvalue weighted by Crippen LogP contribution is 2.25. The molecule has 33 heavy (non-hydrogen) atoms. The molecule has 0 heterocycles. The third kappa shape index (κ3) is 7.30. The molecule has 0 aromatic heterocycles. The summed E-state index contributed by atoms with van der Waals surface area (Å²) >= 11 is 12.0. The smallest absolute Gasteiger partial charge is 0.242 e. The van der Waals surface area contributed by atoms with Crippen molar-refractivity contribution >= 4 is 56.4 Å². The Hall–Kier alpha value is -2.91. The molecule has 1 unspecified atom stereocenters. The number of rotatable bonds is 9. The molecule has 0 saturated carbocycles. The Balaban J connectivity index is 1.77. The van der Waals surface area contributed by atoms with Gasteiger partial charge in [0, 0.05) is 22.8 Å². The van der Waals surface area contributed by atoms with Crippen molar-refractivity contribution in [1.29, 1.82) is 0 Å². The molecule has 1 atom stereocenters. The highest BCUT2D eigenvalue weighted by molar-refractivity contribution is 7.89. The number of carbonyl (C=O) groups excluding carboxylic acids is 2. The lowest BCUT2D eigenvalue weighted by atomic mass is 10.1. The molecule has 3 rings (SSSR count). The fraction of sp³-hybridized carbons (Fsp3) is 0.130. The van der Waals surface area contributed by atoms with Gasteiger partial charge in [-0.3, -0.25) is 9.59 Å². The first-order valence-corrected chi connectivity index (χ1v) is 12.2. The highest BCUT2D eigenvalue weighted by atomic mass is 35.5. The topological polar surface area (TPSA) is 104 Å². The normalized spacial score (nSPS) is 12.1. The van der Waals surface area contributed by atoms with Crippen molar-refractivity contribution in [3.63, 3.8) is 0 Å². The summed E-state index contributed by atoms with van der Waals surface area (Å²) in [4.78, 5) is 25.0. The van der Waals surface area contributed by atoms with Crippen LogP contribution in [0.3, 0.4) is 0 Å². The van der Waals surface area contributed by atoms with Crippen LogP contribution in [-0.2, 0) is 19.6 Å². The first-order valence-electron chi connectivity index (χ1n) is 9.93. The zero-order valence-corrected chi connectivity index (χ0v) is 19.6. The van der Waals surface area contributed by atoms with Crippen LogP contribution in [0.1, 0.15) is 12.8 Å². The van der Waals surface area contributed by atoms with Crippen LogP contribution >= 0.6 is 23.2 Å². The minimum atomic E-state index is -4.22. The van der Waals surface area contributed by atoms with Crippen molar-refractivity contribution in [2.45, 2.75) is 23.8 Å². The monoisotopic (exact) mass is 505 g/mol. The third-order valence-electron chi connectivity index (χ3n) is 4.56. The summed E-state index contributed by atoms with van der Waals surface area (Å²) in [5, 5.41) is 5.50. The van der Waals surface area contributed by atoms with Gasteiger partial charge in [0.2, 0.25) is 21.8 Å². The van der Waals surface area contributed by atoms with E-state index >= 15 is 0 Å². The molecule has 0 fully saturated rings. The lowest BCUT2D eigenvalue weighted by Gasteiger charge is -2.19. The van der Waals surface area contributed by atoms with E-state index in [1.165, 1.54) is 18.2 Å². The van der Waals surface area contributed by atoms with Crippen LogP contribution in [-0.4, -0.2) is 26.3 Å². The van der Waals surface area contributed by atoms with Crippen LogP contribution in [0.15, 0.2) is 83.8 Å². The van der Waals surface area contributed by atoms with E-state index in [9.17, 15) is 18.0 Å². The van der Waals surface area contributed by atoms with Gasteiger partial charge in [-0.15, -0.1) is 0 Å². The SMILES string of the molecule is O=C(CCC(NS(=O)(=O)c1cc(Cl)ccc1Cl)C(=O)Nc1ccccc1)Nc1ccccc1. The summed E-state index contributed by atoms with van der Waals surface area (Å²) in [6.07, 6.45) is -0.192. The van der Waals surface area contributed by atoms with E-state index in [0.717, 1.165) is 0 Å². The van der Waals surface area contributed by atoms with Crippen molar-refractivity contribution < 1.29 is 18.0 Å². The van der Waals surface area contributed by atoms with E-state index in [4.69, 9.17) is 23.2 Å². The van der Waals surface area contributed by atoms with E-state index in [2.05, 4.69) is 15.4 Å². The van der Waals surface area contributed by atoms with Gasteiger partial charge in [-0.1, -0.05) is 59.6 Å². The molecule has 0 saturated heterocycles. The van der Waals surface area contributed by atoms with Crippen molar-refractivity contribution in [2.75, 3.05) is 10.6 Å². The molecule has 0 spiro atoms. The molecule has 7 nitrogen and oxygen atoms in total. The summed E-state index contributed by atoms with van der Waals surface area (Å²) < 4.78 is 28.3. The van der Waals surface area contributed by atoms with Crippen LogP contribution in [0.5, 0.6) is 0 Å². The summed E-state index contributed by atoms with van der Waals surface area (Å²) in [5.74, 6) is -0.978. The maximum Gasteiger partial charge on any atom is 0.242 e. The number of hydrogen-bond acceptors (Lipinski definition) is 4. The first kappa shape index (κ1) is 24.7. The molecule has 0 aliphatic rings. The van der Waals surface area contributed by atoms with Gasteiger partial charge in [0.15, 0.2) is 0 Å². The van der Waals surface area contributed by atoms with E-state index in [1.54, 1.807) is 54.6 Å². The molecule has 172 valence electrons. The standard InChI is InChI=1S/C23H21Cl2N3O4S/c24-16-11-12-19(25)21(15-16)33(31,32)28-20(23(30)27-18-9-5-2-6-10-18)13-14-22(29)26-17-7-3-1-4-8-17/h1-12,15,20,28H,13-14H2,(H,26,29)(H,27,30). The number of anilines is 2. The van der Waals surface area contributed by atoms with Crippen molar-refractivity contribution in [2.24, 2.45) is 0 Å². The predicted octanol–water partition coefficient (Wildman–Crippen LogP) is 4.70. The molecule has 0 aliphatic carbocycles. The maximum absolute atomic E-state index is 13.0. The van der Waals surface area contributed by atoms with Gasteiger partial charge >= 0.3 is 0 Å². The Labute approximate surface area is 202 Å². The average molecular weight is 506 g/mol. The summed E-state index contributed by atoms with van der Waals surface area (Å²) in [6, 6.07) is 20.1. The molecule has 3 aromatic rings. The van der Waals surface area contributed by atoms with E-state index in [0.29, 0.717) is 11.4 Å². The summed E-state index contributed by atoms with van der Waals surface area (Å²) in [7, 11) is -4.22. The number of hydrogen-bond donors (Lipinski definition) is 3. The predicted molar refractivity (Wildman–Crippen MR) is 130 cm³/mol. The molecule has 0 radical (unpaired) electrons. The number of amides is 2. The highest BCUT2D eigenvalue weighted by Gasteiger charge is 2.28. The molecular formula is C23H21Cl2N3O4S. The number of halogens is 2. The van der Waals surface area contributed by atoms with E-state index < -0.39 is 22.0 Å². The first-order chi connectivity index (χ1) is 15.7.